The fourth-order valence-corrected chi connectivity index (χ4v) is 5.64. The summed E-state index contributed by atoms with van der Waals surface area (Å²) in [5.74, 6) is 1.78. The Hall–Kier alpha value is -4.35. The van der Waals surface area contributed by atoms with Crippen molar-refractivity contribution < 1.29 is 4.74 Å². The van der Waals surface area contributed by atoms with Gasteiger partial charge < -0.3 is 14.6 Å². The molecule has 2 heterocycles. The minimum absolute atomic E-state index is 0.684. The molecule has 1 N–H and O–H groups in total. The molecular weight excluding hydrogens is 516 g/mol. The smallest absolute Gasteiger partial charge is 0.127 e. The number of nitrogens with one attached hydrogen (secondary N) is 1. The summed E-state index contributed by atoms with van der Waals surface area (Å²) in [4.78, 5) is 6.98. The van der Waals surface area contributed by atoms with Crippen LogP contribution in [0.4, 0.5) is 5.69 Å². The van der Waals surface area contributed by atoms with Crippen molar-refractivity contribution in [2.75, 3.05) is 31.6 Å². The molecule has 0 aliphatic carbocycles. The first-order valence-electron chi connectivity index (χ1n) is 15.1. The van der Waals surface area contributed by atoms with Crippen molar-refractivity contribution in [3.05, 3.63) is 127 Å². The number of anilines is 1. The predicted octanol–water partition coefficient (Wildman–Crippen LogP) is 7.99. The molecule has 4 aromatic carbocycles. The first-order valence-corrected chi connectivity index (χ1v) is 15.1. The van der Waals surface area contributed by atoms with Gasteiger partial charge in [0, 0.05) is 30.5 Å². The molecular formula is C37H40N4O. The highest BCUT2D eigenvalue weighted by molar-refractivity contribution is 5.74. The third-order valence-corrected chi connectivity index (χ3v) is 8.29. The summed E-state index contributed by atoms with van der Waals surface area (Å²) in [6.45, 7) is 7.84. The Balaban J connectivity index is 1.10. The number of hydrogen-bond donors (Lipinski definition) is 1. The molecule has 5 heteroatoms. The number of hydrogen-bond acceptors (Lipinski definition) is 4. The third-order valence-electron chi connectivity index (χ3n) is 8.29. The lowest BCUT2D eigenvalue weighted by atomic mass is 9.99. The van der Waals surface area contributed by atoms with Crippen LogP contribution in [-0.4, -0.2) is 40.7 Å². The number of piperidine rings is 1. The van der Waals surface area contributed by atoms with Crippen molar-refractivity contribution in [2.45, 2.75) is 32.9 Å². The van der Waals surface area contributed by atoms with E-state index in [2.05, 4.69) is 130 Å². The van der Waals surface area contributed by atoms with Crippen molar-refractivity contribution in [3.8, 4) is 28.0 Å². The van der Waals surface area contributed by atoms with E-state index in [4.69, 9.17) is 4.74 Å². The second-order valence-corrected chi connectivity index (χ2v) is 11.4. The molecule has 0 saturated carbocycles. The van der Waals surface area contributed by atoms with Gasteiger partial charge in [-0.2, -0.15) is 0 Å². The number of likely N-dealkylation sites (tertiary alicyclic amines) is 1. The zero-order valence-electron chi connectivity index (χ0n) is 24.5. The Kier molecular flexibility index (Phi) is 8.96. The molecule has 1 fully saturated rings. The van der Waals surface area contributed by atoms with Gasteiger partial charge >= 0.3 is 0 Å². The average Bonchev–Trinajstić information content (AvgIpc) is 3.49. The van der Waals surface area contributed by atoms with Crippen LogP contribution in [0.15, 0.2) is 116 Å². The second-order valence-electron chi connectivity index (χ2n) is 11.4. The van der Waals surface area contributed by atoms with Gasteiger partial charge in [0.1, 0.15) is 12.4 Å². The van der Waals surface area contributed by atoms with E-state index in [0.29, 0.717) is 13.2 Å². The standard InChI is InChI=1S/C37H40N4O/c1-29-18-20-40(21-19-29)22-23-42-37-17-16-34(24-36(37)33-10-6-3-7-11-33)39-26-35-25-38-28-41(35)27-30-12-14-32(15-13-30)31-8-4-2-5-9-31/h2-17,24-25,28-29,39H,18-23,26-27H2,1H3. The highest BCUT2D eigenvalue weighted by Gasteiger charge is 2.16. The first-order chi connectivity index (χ1) is 20.7. The van der Waals surface area contributed by atoms with E-state index in [1.54, 1.807) is 0 Å². The van der Waals surface area contributed by atoms with Crippen molar-refractivity contribution in [1.29, 1.82) is 0 Å². The lowest BCUT2D eigenvalue weighted by Gasteiger charge is -2.30. The summed E-state index contributed by atoms with van der Waals surface area (Å²) >= 11 is 0. The maximum atomic E-state index is 6.37. The highest BCUT2D eigenvalue weighted by Crippen LogP contribution is 2.33. The Morgan fingerprint density at radius 3 is 2.24 bits per heavy atom. The summed E-state index contributed by atoms with van der Waals surface area (Å²) in [6, 6.07) is 36.2. The average molecular weight is 557 g/mol. The number of aromatic nitrogens is 2. The molecule has 0 amide bonds. The zero-order chi connectivity index (χ0) is 28.6. The van der Waals surface area contributed by atoms with Gasteiger partial charge in [-0.05, 0) is 72.3 Å². The molecule has 0 atom stereocenters. The number of ether oxygens (including phenoxy) is 1. The van der Waals surface area contributed by atoms with Crippen LogP contribution >= 0.6 is 0 Å². The fraction of sp³-hybridized carbons (Fsp3) is 0.270. The minimum Gasteiger partial charge on any atom is -0.492 e. The molecule has 214 valence electrons. The molecule has 5 aromatic rings. The van der Waals surface area contributed by atoms with Crippen LogP contribution in [0.2, 0.25) is 0 Å². The summed E-state index contributed by atoms with van der Waals surface area (Å²) in [5, 5.41) is 3.63. The Labute approximate surface area is 249 Å². The van der Waals surface area contributed by atoms with Crippen LogP contribution in [0, 0.1) is 5.92 Å². The van der Waals surface area contributed by atoms with Gasteiger partial charge in [0.25, 0.3) is 0 Å². The molecule has 1 saturated heterocycles. The SMILES string of the molecule is CC1CCN(CCOc2ccc(NCc3cncn3Cc3ccc(-c4ccccc4)cc3)cc2-c2ccccc2)CC1. The predicted molar refractivity (Wildman–Crippen MR) is 173 cm³/mol. The second kappa shape index (κ2) is 13.5. The van der Waals surface area contributed by atoms with Crippen LogP contribution in [0.3, 0.4) is 0 Å². The Morgan fingerprint density at radius 2 is 1.50 bits per heavy atom. The van der Waals surface area contributed by atoms with Gasteiger partial charge in [0.15, 0.2) is 0 Å². The lowest BCUT2D eigenvalue weighted by Crippen LogP contribution is -2.35. The molecule has 0 bridgehead atoms. The summed E-state index contributed by atoms with van der Waals surface area (Å²) in [7, 11) is 0. The van der Waals surface area contributed by atoms with Gasteiger partial charge in [-0.25, -0.2) is 4.98 Å². The number of imidazole rings is 1. The lowest BCUT2D eigenvalue weighted by molar-refractivity contribution is 0.160. The van der Waals surface area contributed by atoms with Gasteiger partial charge in [-0.1, -0.05) is 91.9 Å². The normalized spacial score (nSPS) is 14.1. The molecule has 1 aliphatic rings. The van der Waals surface area contributed by atoms with Gasteiger partial charge in [-0.3, -0.25) is 4.90 Å². The molecule has 0 spiro atoms. The number of nitrogens with zero attached hydrogens (tertiary/aromatic N) is 3. The summed E-state index contributed by atoms with van der Waals surface area (Å²) in [6.07, 6.45) is 6.43. The quantitative estimate of drug-likeness (QED) is 0.179. The minimum atomic E-state index is 0.684. The van der Waals surface area contributed by atoms with Crippen LogP contribution < -0.4 is 10.1 Å². The summed E-state index contributed by atoms with van der Waals surface area (Å²) in [5.41, 5.74) is 8.19. The van der Waals surface area contributed by atoms with Crippen LogP contribution in [0.1, 0.15) is 31.0 Å². The maximum Gasteiger partial charge on any atom is 0.127 e. The molecule has 1 aliphatic heterocycles. The van der Waals surface area contributed by atoms with Crippen LogP contribution in [0.5, 0.6) is 5.75 Å². The van der Waals surface area contributed by atoms with E-state index in [1.165, 1.54) is 42.6 Å². The fourth-order valence-electron chi connectivity index (χ4n) is 5.64. The van der Waals surface area contributed by atoms with E-state index in [9.17, 15) is 0 Å². The van der Waals surface area contributed by atoms with Crippen molar-refractivity contribution in [1.82, 2.24) is 14.5 Å². The van der Waals surface area contributed by atoms with Crippen molar-refractivity contribution in [2.24, 2.45) is 5.92 Å². The van der Waals surface area contributed by atoms with E-state index in [1.807, 2.05) is 12.5 Å². The molecule has 0 radical (unpaired) electrons. The molecule has 1 aromatic heterocycles. The van der Waals surface area contributed by atoms with Crippen LogP contribution in [0.25, 0.3) is 22.3 Å². The first kappa shape index (κ1) is 27.8. The van der Waals surface area contributed by atoms with Crippen LogP contribution in [-0.2, 0) is 13.1 Å². The third kappa shape index (κ3) is 7.10. The monoisotopic (exact) mass is 556 g/mol. The Morgan fingerprint density at radius 1 is 0.810 bits per heavy atom. The van der Waals surface area contributed by atoms with Gasteiger partial charge in [-0.15, -0.1) is 0 Å². The molecule has 42 heavy (non-hydrogen) atoms. The van der Waals surface area contributed by atoms with Gasteiger partial charge in [0.05, 0.1) is 18.6 Å². The molecule has 0 unspecified atom stereocenters. The molecule has 6 rings (SSSR count). The Bertz CT molecular complexity index is 1540. The van der Waals surface area contributed by atoms with E-state index in [-0.39, 0.29) is 0 Å². The van der Waals surface area contributed by atoms with E-state index < -0.39 is 0 Å². The van der Waals surface area contributed by atoms with Crippen molar-refractivity contribution >= 4 is 5.69 Å². The van der Waals surface area contributed by atoms with E-state index >= 15 is 0 Å². The topological polar surface area (TPSA) is 42.3 Å². The largest absolute Gasteiger partial charge is 0.492 e. The van der Waals surface area contributed by atoms with Gasteiger partial charge in [0.2, 0.25) is 0 Å². The van der Waals surface area contributed by atoms with Crippen molar-refractivity contribution in [3.63, 3.8) is 0 Å². The molecule has 5 nitrogen and oxygen atoms in total. The van der Waals surface area contributed by atoms with E-state index in [0.717, 1.165) is 47.3 Å². The summed E-state index contributed by atoms with van der Waals surface area (Å²) < 4.78 is 8.57. The number of rotatable bonds is 11. The zero-order valence-corrected chi connectivity index (χ0v) is 24.5. The maximum absolute atomic E-state index is 6.37. The number of benzene rings is 4. The highest BCUT2D eigenvalue weighted by atomic mass is 16.5.